The lowest BCUT2D eigenvalue weighted by molar-refractivity contribution is 0.0652. The van der Waals surface area contributed by atoms with Crippen molar-refractivity contribution in [3.63, 3.8) is 0 Å². The van der Waals surface area contributed by atoms with E-state index in [0.717, 1.165) is 0 Å². The van der Waals surface area contributed by atoms with Crippen molar-refractivity contribution in [2.75, 3.05) is 12.3 Å². The molecule has 134 valence electrons. The van der Waals surface area contributed by atoms with Crippen molar-refractivity contribution < 1.29 is 13.8 Å². The van der Waals surface area contributed by atoms with Gasteiger partial charge in [0.1, 0.15) is 5.69 Å². The normalized spacial score (nSPS) is 15.6. The molecule has 1 aliphatic heterocycles. The lowest BCUT2D eigenvalue weighted by Gasteiger charge is -2.14. The summed E-state index contributed by atoms with van der Waals surface area (Å²) in [7, 11) is -3.06. The highest BCUT2D eigenvalue weighted by molar-refractivity contribution is 7.92. The quantitative estimate of drug-likeness (QED) is 0.456. The lowest BCUT2D eigenvalue weighted by atomic mass is 10.1. The van der Waals surface area contributed by atoms with Gasteiger partial charge in [0.15, 0.2) is 0 Å². The maximum absolute atomic E-state index is 12.5. The third-order valence-corrected chi connectivity index (χ3v) is 6.12. The molecule has 0 bridgehead atoms. The standard InChI is InChI=1S/C18H17N3O4S/c19-26(25,14-7-5-6-13(12-14)20-24)11-4-3-10-21-17(22)15-8-1-2-9-16(15)18(21)23/h1-2,5-9,12,19H,3-4,10-11H2. The first-order valence-corrected chi connectivity index (χ1v) is 9.82. The number of unbranched alkanes of at least 4 members (excludes halogenated alkanes) is 1. The van der Waals surface area contributed by atoms with Gasteiger partial charge in [0.2, 0.25) is 0 Å². The molecule has 0 radical (unpaired) electrons. The molecule has 0 aliphatic carbocycles. The van der Waals surface area contributed by atoms with Gasteiger partial charge in [-0.2, -0.15) is 0 Å². The number of nitroso groups, excluding NO2 is 1. The number of rotatable bonds is 7. The van der Waals surface area contributed by atoms with Gasteiger partial charge >= 0.3 is 0 Å². The highest BCUT2D eigenvalue weighted by Crippen LogP contribution is 2.23. The van der Waals surface area contributed by atoms with Crippen LogP contribution in [0, 0.1) is 9.69 Å². The Kier molecular flexibility index (Phi) is 4.94. The van der Waals surface area contributed by atoms with Gasteiger partial charge in [0.05, 0.1) is 20.9 Å². The summed E-state index contributed by atoms with van der Waals surface area (Å²) in [6.07, 6.45) is 0.863. The molecule has 1 heterocycles. The van der Waals surface area contributed by atoms with E-state index in [0.29, 0.717) is 24.0 Å². The number of carbonyl (C=O) groups excluding carboxylic acids is 2. The molecule has 0 saturated heterocycles. The van der Waals surface area contributed by atoms with Crippen LogP contribution in [-0.4, -0.2) is 33.2 Å². The summed E-state index contributed by atoms with van der Waals surface area (Å²) in [5.74, 6) is -0.553. The van der Waals surface area contributed by atoms with Gasteiger partial charge in [-0.25, -0.2) is 8.99 Å². The fourth-order valence-corrected chi connectivity index (χ4v) is 4.34. The third kappa shape index (κ3) is 3.41. The number of fused-ring (bicyclic) bond motifs is 1. The Morgan fingerprint density at radius 3 is 2.23 bits per heavy atom. The van der Waals surface area contributed by atoms with Crippen molar-refractivity contribution in [2.45, 2.75) is 17.7 Å². The number of nitrogens with zero attached hydrogens (tertiary/aromatic N) is 2. The summed E-state index contributed by atoms with van der Waals surface area (Å²) in [6, 6.07) is 12.6. The zero-order valence-electron chi connectivity index (χ0n) is 13.9. The molecule has 0 fully saturated rings. The molecule has 0 spiro atoms. The van der Waals surface area contributed by atoms with Crippen molar-refractivity contribution in [3.8, 4) is 0 Å². The predicted octanol–water partition coefficient (Wildman–Crippen LogP) is 3.57. The molecule has 1 N–H and O–H groups in total. The fourth-order valence-electron chi connectivity index (χ4n) is 2.88. The van der Waals surface area contributed by atoms with E-state index in [9.17, 15) is 18.7 Å². The Morgan fingerprint density at radius 1 is 0.962 bits per heavy atom. The van der Waals surface area contributed by atoms with Crippen molar-refractivity contribution >= 4 is 27.2 Å². The van der Waals surface area contributed by atoms with Gasteiger partial charge in [-0.3, -0.25) is 14.5 Å². The Labute approximate surface area is 151 Å². The Morgan fingerprint density at radius 2 is 1.62 bits per heavy atom. The zero-order valence-corrected chi connectivity index (χ0v) is 14.7. The predicted molar refractivity (Wildman–Crippen MR) is 96.9 cm³/mol. The first-order valence-electron chi connectivity index (χ1n) is 8.09. The van der Waals surface area contributed by atoms with Gasteiger partial charge in [-0.1, -0.05) is 18.2 Å². The van der Waals surface area contributed by atoms with Crippen LogP contribution in [0.1, 0.15) is 33.6 Å². The van der Waals surface area contributed by atoms with Crippen LogP contribution in [0.3, 0.4) is 0 Å². The molecule has 0 saturated carbocycles. The summed E-state index contributed by atoms with van der Waals surface area (Å²) < 4.78 is 20.6. The topological polar surface area (TPSA) is 108 Å². The molecule has 2 aromatic carbocycles. The molecular formula is C18H17N3O4S. The van der Waals surface area contributed by atoms with Crippen LogP contribution in [0.15, 0.2) is 58.6 Å². The largest absolute Gasteiger partial charge is 0.274 e. The Hall–Kier alpha value is -2.87. The summed E-state index contributed by atoms with van der Waals surface area (Å²) in [5.41, 5.74) is 0.938. The molecule has 3 rings (SSSR count). The minimum absolute atomic E-state index is 0.0818. The summed E-state index contributed by atoms with van der Waals surface area (Å²) in [5, 5.41) is 2.79. The zero-order chi connectivity index (χ0) is 18.7. The maximum atomic E-state index is 12.5. The van der Waals surface area contributed by atoms with Gasteiger partial charge in [-0.15, -0.1) is 4.91 Å². The van der Waals surface area contributed by atoms with Crippen LogP contribution in [-0.2, 0) is 9.73 Å². The molecule has 8 heteroatoms. The van der Waals surface area contributed by atoms with Crippen LogP contribution in [0.25, 0.3) is 0 Å². The SMILES string of the molecule is N=S(=O)(CCCCN1C(=O)c2ccccc2C1=O)c1cccc(N=O)c1. The maximum Gasteiger partial charge on any atom is 0.261 e. The smallest absolute Gasteiger partial charge is 0.261 e. The van der Waals surface area contributed by atoms with E-state index in [1.165, 1.54) is 23.1 Å². The van der Waals surface area contributed by atoms with Crippen molar-refractivity contribution in [3.05, 3.63) is 64.6 Å². The second kappa shape index (κ2) is 7.17. The lowest BCUT2D eigenvalue weighted by Crippen LogP contribution is -2.30. The number of amides is 2. The van der Waals surface area contributed by atoms with Crippen molar-refractivity contribution in [2.24, 2.45) is 5.18 Å². The average molecular weight is 371 g/mol. The van der Waals surface area contributed by atoms with E-state index in [1.807, 2.05) is 0 Å². The molecule has 1 aliphatic rings. The molecule has 26 heavy (non-hydrogen) atoms. The second-order valence-electron chi connectivity index (χ2n) is 5.98. The van der Waals surface area contributed by atoms with Gasteiger partial charge < -0.3 is 0 Å². The molecule has 7 nitrogen and oxygen atoms in total. The van der Waals surface area contributed by atoms with Gasteiger partial charge in [-0.05, 0) is 48.4 Å². The van der Waals surface area contributed by atoms with E-state index >= 15 is 0 Å². The van der Waals surface area contributed by atoms with E-state index in [4.69, 9.17) is 4.78 Å². The summed E-state index contributed by atoms with van der Waals surface area (Å²) >= 11 is 0. The highest BCUT2D eigenvalue weighted by Gasteiger charge is 2.34. The number of hydrogen-bond acceptors (Lipinski definition) is 6. The van der Waals surface area contributed by atoms with E-state index in [2.05, 4.69) is 5.18 Å². The number of benzene rings is 2. The molecule has 2 amide bonds. The number of carbonyl (C=O) groups is 2. The van der Waals surface area contributed by atoms with E-state index < -0.39 is 9.73 Å². The van der Waals surface area contributed by atoms with Crippen LogP contribution >= 0.6 is 0 Å². The van der Waals surface area contributed by atoms with Gasteiger partial charge in [0.25, 0.3) is 11.8 Å². The van der Waals surface area contributed by atoms with E-state index in [1.54, 1.807) is 30.3 Å². The third-order valence-electron chi connectivity index (χ3n) is 4.25. The number of nitrogens with one attached hydrogen (secondary N) is 1. The number of hydrogen-bond donors (Lipinski definition) is 1. The first kappa shape index (κ1) is 17.9. The van der Waals surface area contributed by atoms with Crippen LogP contribution in [0.4, 0.5) is 5.69 Å². The highest BCUT2D eigenvalue weighted by atomic mass is 32.2. The van der Waals surface area contributed by atoms with Crippen LogP contribution in [0.5, 0.6) is 0 Å². The minimum atomic E-state index is -3.06. The number of imide groups is 1. The monoisotopic (exact) mass is 371 g/mol. The first-order chi connectivity index (χ1) is 12.4. The molecular weight excluding hydrogens is 354 g/mol. The second-order valence-corrected chi connectivity index (χ2v) is 8.21. The molecule has 1 unspecified atom stereocenters. The molecule has 2 aromatic rings. The minimum Gasteiger partial charge on any atom is -0.274 e. The molecule has 1 atom stereocenters. The van der Waals surface area contributed by atoms with Crippen molar-refractivity contribution in [1.29, 1.82) is 4.78 Å². The van der Waals surface area contributed by atoms with Crippen LogP contribution in [0.2, 0.25) is 0 Å². The summed E-state index contributed by atoms with van der Waals surface area (Å²) in [4.78, 5) is 36.5. The Balaban J connectivity index is 1.58. The fraction of sp³-hybridized carbons (Fsp3) is 0.222. The van der Waals surface area contributed by atoms with Crippen LogP contribution < -0.4 is 0 Å². The van der Waals surface area contributed by atoms with Crippen molar-refractivity contribution in [1.82, 2.24) is 4.90 Å². The van der Waals surface area contributed by atoms with E-state index in [-0.39, 0.29) is 34.7 Å². The summed E-state index contributed by atoms with van der Waals surface area (Å²) in [6.45, 7) is 0.220. The van der Waals surface area contributed by atoms with Gasteiger partial charge in [0, 0.05) is 17.2 Å². The molecule has 0 aromatic heterocycles. The Bertz CT molecular complexity index is 950. The average Bonchev–Trinajstić information content (AvgIpc) is 2.90.